The SMILES string of the molecule is CC(C)Cn1c(=O)n(C)c(=O)c2[nH]c(CC3CC4CCC3C4)nc21. The summed E-state index contributed by atoms with van der Waals surface area (Å²) in [7, 11) is 1.54. The first-order valence-corrected chi connectivity index (χ1v) is 9.12. The van der Waals surface area contributed by atoms with E-state index >= 15 is 0 Å². The number of imidazole rings is 1. The summed E-state index contributed by atoms with van der Waals surface area (Å²) in [5, 5.41) is 0. The van der Waals surface area contributed by atoms with Gasteiger partial charge in [0.15, 0.2) is 5.65 Å². The minimum atomic E-state index is -0.279. The van der Waals surface area contributed by atoms with Crippen LogP contribution < -0.4 is 11.2 Å². The third-order valence-electron chi connectivity index (χ3n) is 5.91. The normalized spacial score (nSPS) is 26.1. The molecule has 2 fully saturated rings. The first-order chi connectivity index (χ1) is 11.4. The van der Waals surface area contributed by atoms with E-state index in [1.807, 2.05) is 0 Å². The van der Waals surface area contributed by atoms with Crippen molar-refractivity contribution < 1.29 is 0 Å². The Labute approximate surface area is 140 Å². The van der Waals surface area contributed by atoms with E-state index < -0.39 is 0 Å². The van der Waals surface area contributed by atoms with Gasteiger partial charge in [0.2, 0.25) is 0 Å². The fourth-order valence-corrected chi connectivity index (χ4v) is 4.78. The average molecular weight is 330 g/mol. The number of H-pyrrole nitrogens is 1. The Kier molecular flexibility index (Phi) is 3.66. The Bertz CT molecular complexity index is 889. The summed E-state index contributed by atoms with van der Waals surface area (Å²) in [4.78, 5) is 32.8. The Morgan fingerprint density at radius 1 is 1.25 bits per heavy atom. The molecular formula is C18H26N4O2. The highest BCUT2D eigenvalue weighted by atomic mass is 16.2. The Hall–Kier alpha value is -1.85. The third kappa shape index (κ3) is 2.43. The van der Waals surface area contributed by atoms with Crippen LogP contribution in [-0.2, 0) is 20.0 Å². The zero-order valence-electron chi connectivity index (χ0n) is 14.7. The number of hydrogen-bond acceptors (Lipinski definition) is 3. The van der Waals surface area contributed by atoms with Gasteiger partial charge >= 0.3 is 5.69 Å². The molecule has 2 aromatic rings. The number of nitrogens with one attached hydrogen (secondary N) is 1. The summed E-state index contributed by atoms with van der Waals surface area (Å²) in [6.07, 6.45) is 6.28. The molecule has 24 heavy (non-hydrogen) atoms. The van der Waals surface area contributed by atoms with Gasteiger partial charge in [0, 0.05) is 20.0 Å². The van der Waals surface area contributed by atoms with E-state index in [0.29, 0.717) is 29.5 Å². The summed E-state index contributed by atoms with van der Waals surface area (Å²) in [6.45, 7) is 4.69. The molecule has 6 heteroatoms. The highest BCUT2D eigenvalue weighted by Gasteiger charge is 2.39. The van der Waals surface area contributed by atoms with E-state index in [1.165, 1.54) is 37.3 Å². The van der Waals surface area contributed by atoms with Gasteiger partial charge in [-0.25, -0.2) is 9.78 Å². The van der Waals surface area contributed by atoms with Crippen LogP contribution in [0, 0.1) is 23.7 Å². The lowest BCUT2D eigenvalue weighted by molar-refractivity contribution is 0.327. The minimum absolute atomic E-state index is 0.276. The van der Waals surface area contributed by atoms with E-state index in [4.69, 9.17) is 0 Å². The topological polar surface area (TPSA) is 72.7 Å². The van der Waals surface area contributed by atoms with Crippen LogP contribution in [0.15, 0.2) is 9.59 Å². The second-order valence-electron chi connectivity index (χ2n) is 8.17. The van der Waals surface area contributed by atoms with E-state index in [2.05, 4.69) is 23.8 Å². The molecule has 0 spiro atoms. The maximum absolute atomic E-state index is 12.5. The maximum Gasteiger partial charge on any atom is 0.332 e. The highest BCUT2D eigenvalue weighted by molar-refractivity contribution is 5.69. The summed E-state index contributed by atoms with van der Waals surface area (Å²) in [6, 6.07) is 0. The second kappa shape index (κ2) is 5.60. The molecule has 130 valence electrons. The van der Waals surface area contributed by atoms with E-state index in [-0.39, 0.29) is 11.2 Å². The number of rotatable bonds is 4. The molecule has 2 aromatic heterocycles. The molecule has 2 saturated carbocycles. The van der Waals surface area contributed by atoms with Crippen LogP contribution in [0.2, 0.25) is 0 Å². The van der Waals surface area contributed by atoms with Crippen LogP contribution in [0.1, 0.15) is 45.4 Å². The largest absolute Gasteiger partial charge is 0.336 e. The summed E-state index contributed by atoms with van der Waals surface area (Å²) in [5.41, 5.74) is 0.437. The minimum Gasteiger partial charge on any atom is -0.336 e. The zero-order valence-corrected chi connectivity index (χ0v) is 14.7. The lowest BCUT2D eigenvalue weighted by Gasteiger charge is -2.20. The number of fused-ring (bicyclic) bond motifs is 3. The van der Waals surface area contributed by atoms with E-state index in [9.17, 15) is 9.59 Å². The molecule has 3 unspecified atom stereocenters. The predicted molar refractivity (Wildman–Crippen MR) is 93.1 cm³/mol. The lowest BCUT2D eigenvalue weighted by atomic mass is 9.86. The van der Waals surface area contributed by atoms with Crippen molar-refractivity contribution in [3.8, 4) is 0 Å². The first kappa shape index (κ1) is 15.7. The molecule has 2 heterocycles. The third-order valence-corrected chi connectivity index (χ3v) is 5.91. The molecule has 4 rings (SSSR count). The van der Waals surface area contributed by atoms with Gasteiger partial charge in [-0.15, -0.1) is 0 Å². The molecule has 0 amide bonds. The molecular weight excluding hydrogens is 304 g/mol. The molecule has 2 aliphatic rings. The predicted octanol–water partition coefficient (Wildman–Crippen LogP) is 2.06. The number of nitrogens with zero attached hydrogens (tertiary/aromatic N) is 3. The van der Waals surface area contributed by atoms with Crippen molar-refractivity contribution in [1.29, 1.82) is 0 Å². The van der Waals surface area contributed by atoms with Gasteiger partial charge in [-0.3, -0.25) is 13.9 Å². The molecule has 1 N–H and O–H groups in total. The van der Waals surface area contributed by atoms with Crippen molar-refractivity contribution in [3.05, 3.63) is 26.7 Å². The van der Waals surface area contributed by atoms with Crippen molar-refractivity contribution in [1.82, 2.24) is 19.1 Å². The van der Waals surface area contributed by atoms with E-state index in [0.717, 1.165) is 24.1 Å². The van der Waals surface area contributed by atoms with Gasteiger partial charge in [-0.05, 0) is 42.9 Å². The molecule has 3 atom stereocenters. The quantitative estimate of drug-likeness (QED) is 0.932. The van der Waals surface area contributed by atoms with Crippen molar-refractivity contribution >= 4 is 11.2 Å². The van der Waals surface area contributed by atoms with Crippen molar-refractivity contribution in [2.45, 2.75) is 52.5 Å². The second-order valence-corrected chi connectivity index (χ2v) is 8.17. The van der Waals surface area contributed by atoms with Crippen LogP contribution in [0.25, 0.3) is 11.2 Å². The van der Waals surface area contributed by atoms with Crippen LogP contribution in [-0.4, -0.2) is 19.1 Å². The summed E-state index contributed by atoms with van der Waals surface area (Å²) >= 11 is 0. The molecule has 2 aliphatic carbocycles. The number of aromatic amines is 1. The first-order valence-electron chi connectivity index (χ1n) is 9.12. The standard InChI is InChI=1S/C18H26N4O2/c1-10(2)9-22-16-15(17(23)21(3)18(22)24)19-14(20-16)8-13-7-11-4-5-12(13)6-11/h10-13H,4-9H2,1-3H3,(H,19,20). The van der Waals surface area contributed by atoms with Crippen LogP contribution in [0.3, 0.4) is 0 Å². The van der Waals surface area contributed by atoms with Gasteiger partial charge < -0.3 is 4.98 Å². The molecule has 0 aliphatic heterocycles. The Morgan fingerprint density at radius 3 is 2.67 bits per heavy atom. The van der Waals surface area contributed by atoms with Crippen LogP contribution in [0.5, 0.6) is 0 Å². The van der Waals surface area contributed by atoms with Crippen molar-refractivity contribution in [2.24, 2.45) is 30.7 Å². The molecule has 0 aromatic carbocycles. The van der Waals surface area contributed by atoms with Gasteiger partial charge in [0.25, 0.3) is 5.56 Å². The van der Waals surface area contributed by atoms with Gasteiger partial charge in [0.1, 0.15) is 11.3 Å². The Balaban J connectivity index is 1.75. The van der Waals surface area contributed by atoms with Gasteiger partial charge in [-0.1, -0.05) is 20.3 Å². The Morgan fingerprint density at radius 2 is 2.04 bits per heavy atom. The van der Waals surface area contributed by atoms with Crippen LogP contribution in [0.4, 0.5) is 0 Å². The molecule has 2 bridgehead atoms. The fourth-order valence-electron chi connectivity index (χ4n) is 4.78. The zero-order chi connectivity index (χ0) is 17.0. The van der Waals surface area contributed by atoms with Crippen LogP contribution >= 0.6 is 0 Å². The molecule has 0 radical (unpaired) electrons. The maximum atomic E-state index is 12.5. The summed E-state index contributed by atoms with van der Waals surface area (Å²) in [5.74, 6) is 3.58. The fraction of sp³-hybridized carbons (Fsp3) is 0.722. The van der Waals surface area contributed by atoms with Gasteiger partial charge in [-0.2, -0.15) is 0 Å². The number of aromatic nitrogens is 4. The van der Waals surface area contributed by atoms with Gasteiger partial charge in [0.05, 0.1) is 0 Å². The van der Waals surface area contributed by atoms with E-state index in [1.54, 1.807) is 4.57 Å². The monoisotopic (exact) mass is 330 g/mol. The molecule has 0 saturated heterocycles. The summed E-state index contributed by atoms with van der Waals surface area (Å²) < 4.78 is 2.83. The average Bonchev–Trinajstić information content (AvgIpc) is 3.24. The van der Waals surface area contributed by atoms with Crippen molar-refractivity contribution in [3.63, 3.8) is 0 Å². The smallest absolute Gasteiger partial charge is 0.332 e. The number of hydrogen-bond donors (Lipinski definition) is 1. The van der Waals surface area contributed by atoms with Crippen molar-refractivity contribution in [2.75, 3.05) is 0 Å². The lowest BCUT2D eigenvalue weighted by Crippen LogP contribution is -2.38. The molecule has 6 nitrogen and oxygen atoms in total. The highest BCUT2D eigenvalue weighted by Crippen LogP contribution is 2.49.